The number of benzene rings is 2. The molecule has 2 aromatic carbocycles. The van der Waals surface area contributed by atoms with Gasteiger partial charge in [-0.05, 0) is 37.1 Å². The number of hydrogen-bond donors (Lipinski definition) is 1. The van der Waals surface area contributed by atoms with Gasteiger partial charge in [0.2, 0.25) is 0 Å². The van der Waals surface area contributed by atoms with E-state index in [1.165, 1.54) is 12.1 Å². The average molecular weight is 400 g/mol. The molecule has 0 heterocycles. The van der Waals surface area contributed by atoms with Crippen molar-refractivity contribution in [2.24, 2.45) is 0 Å². The number of nitrogens with zero attached hydrogens (tertiary/aromatic N) is 1. The Bertz CT molecular complexity index is 828. The van der Waals surface area contributed by atoms with Gasteiger partial charge in [0.05, 0.1) is 5.02 Å². The van der Waals surface area contributed by atoms with Crippen LogP contribution in [-0.4, -0.2) is 22.5 Å². The Morgan fingerprint density at radius 2 is 1.77 bits per heavy atom. The predicted octanol–water partition coefficient (Wildman–Crippen LogP) is 5.45. The maximum absolute atomic E-state index is 14.6. The van der Waals surface area contributed by atoms with Crippen molar-refractivity contribution in [3.63, 3.8) is 0 Å². The SMILES string of the molecule is CN(Cc1ccccc1)Cc1ccc(C(F)(F)P(=O)(O)C2CC2)c(Cl)c1. The van der Waals surface area contributed by atoms with Crippen molar-refractivity contribution in [3.05, 3.63) is 70.2 Å². The van der Waals surface area contributed by atoms with E-state index in [4.69, 9.17) is 11.6 Å². The Morgan fingerprint density at radius 3 is 2.35 bits per heavy atom. The molecule has 26 heavy (non-hydrogen) atoms. The van der Waals surface area contributed by atoms with Crippen LogP contribution in [0.15, 0.2) is 48.5 Å². The zero-order valence-corrected chi connectivity index (χ0v) is 16.1. The van der Waals surface area contributed by atoms with Crippen molar-refractivity contribution in [2.45, 2.75) is 37.3 Å². The maximum atomic E-state index is 14.6. The van der Waals surface area contributed by atoms with E-state index in [0.29, 0.717) is 25.9 Å². The molecule has 1 aliphatic rings. The van der Waals surface area contributed by atoms with E-state index in [1.807, 2.05) is 42.3 Å². The molecule has 0 amide bonds. The molecular formula is C19H21ClF2NO2P. The highest BCUT2D eigenvalue weighted by molar-refractivity contribution is 7.60. The predicted molar refractivity (Wildman–Crippen MR) is 99.8 cm³/mol. The third kappa shape index (κ3) is 4.01. The molecule has 0 saturated heterocycles. The second kappa shape index (κ2) is 7.40. The standard InChI is InChI=1S/C19H21ClF2NO2P/c1-23(12-14-5-3-2-4-6-14)13-15-7-10-17(18(20)11-15)19(21,22)26(24,25)16-8-9-16/h2-7,10-11,16H,8-9,12-13H2,1H3,(H,24,25). The number of rotatable bonds is 7. The highest BCUT2D eigenvalue weighted by Gasteiger charge is 2.59. The molecule has 1 N–H and O–H groups in total. The minimum Gasteiger partial charge on any atom is -0.340 e. The van der Waals surface area contributed by atoms with Crippen LogP contribution in [0.1, 0.15) is 29.5 Å². The van der Waals surface area contributed by atoms with Gasteiger partial charge in [-0.25, -0.2) is 0 Å². The minimum absolute atomic E-state index is 0.171. The fourth-order valence-corrected chi connectivity index (χ4v) is 5.23. The largest absolute Gasteiger partial charge is 0.348 e. The topological polar surface area (TPSA) is 40.5 Å². The van der Waals surface area contributed by atoms with Gasteiger partial charge in [-0.3, -0.25) is 9.46 Å². The van der Waals surface area contributed by atoms with Gasteiger partial charge in [0.25, 0.3) is 7.37 Å². The van der Waals surface area contributed by atoms with Crippen molar-refractivity contribution in [1.82, 2.24) is 4.90 Å². The molecule has 7 heteroatoms. The summed E-state index contributed by atoms with van der Waals surface area (Å²) >= 11 is 6.06. The van der Waals surface area contributed by atoms with Gasteiger partial charge in [0.15, 0.2) is 0 Å². The van der Waals surface area contributed by atoms with Gasteiger partial charge in [0.1, 0.15) is 0 Å². The van der Waals surface area contributed by atoms with Crippen molar-refractivity contribution < 1.29 is 18.2 Å². The first kappa shape index (κ1) is 19.5. The second-order valence-electron chi connectivity index (χ2n) is 6.87. The van der Waals surface area contributed by atoms with Crippen LogP contribution in [-0.2, 0) is 23.3 Å². The lowest BCUT2D eigenvalue weighted by Gasteiger charge is -2.24. The molecule has 0 aromatic heterocycles. The van der Waals surface area contributed by atoms with Gasteiger partial charge >= 0.3 is 5.66 Å². The molecular weight excluding hydrogens is 379 g/mol. The second-order valence-corrected chi connectivity index (χ2v) is 9.81. The van der Waals surface area contributed by atoms with Crippen LogP contribution >= 0.6 is 19.0 Å². The van der Waals surface area contributed by atoms with Gasteiger partial charge in [-0.1, -0.05) is 54.1 Å². The highest BCUT2D eigenvalue weighted by atomic mass is 35.5. The quantitative estimate of drug-likeness (QED) is 0.629. The molecule has 1 aliphatic carbocycles. The summed E-state index contributed by atoms with van der Waals surface area (Å²) in [6, 6.07) is 14.1. The monoisotopic (exact) mass is 399 g/mol. The lowest BCUT2D eigenvalue weighted by atomic mass is 10.1. The summed E-state index contributed by atoms with van der Waals surface area (Å²) in [6.45, 7) is 1.24. The molecule has 3 rings (SSSR count). The molecule has 1 atom stereocenters. The lowest BCUT2D eigenvalue weighted by Crippen LogP contribution is -2.19. The summed E-state index contributed by atoms with van der Waals surface area (Å²) in [6.07, 6.45) is 0.729. The maximum Gasteiger partial charge on any atom is 0.348 e. The number of alkyl halides is 2. The fourth-order valence-electron chi connectivity index (χ4n) is 2.99. The number of halogens is 3. The van der Waals surface area contributed by atoms with E-state index in [-0.39, 0.29) is 5.02 Å². The van der Waals surface area contributed by atoms with Crippen LogP contribution in [0.4, 0.5) is 8.78 Å². The molecule has 2 aromatic rings. The molecule has 140 valence electrons. The van der Waals surface area contributed by atoms with E-state index in [2.05, 4.69) is 0 Å². The lowest BCUT2D eigenvalue weighted by molar-refractivity contribution is 0.0739. The third-order valence-corrected chi connectivity index (χ3v) is 7.41. The molecule has 1 fully saturated rings. The molecule has 0 aliphatic heterocycles. The molecule has 0 bridgehead atoms. The Kier molecular flexibility index (Phi) is 5.55. The Hall–Kier alpha value is -1.26. The molecule has 0 spiro atoms. The highest BCUT2D eigenvalue weighted by Crippen LogP contribution is 2.71. The zero-order chi connectivity index (χ0) is 18.9. The fraction of sp³-hybridized carbons (Fsp3) is 0.368. The van der Waals surface area contributed by atoms with Crippen LogP contribution < -0.4 is 0 Å². The van der Waals surface area contributed by atoms with Gasteiger partial charge in [0, 0.05) is 24.3 Å². The van der Waals surface area contributed by atoms with Gasteiger partial charge in [-0.15, -0.1) is 0 Å². The molecule has 3 nitrogen and oxygen atoms in total. The normalized spacial score (nSPS) is 17.3. The van der Waals surface area contributed by atoms with Crippen molar-refractivity contribution in [3.8, 4) is 0 Å². The smallest absolute Gasteiger partial charge is 0.340 e. The number of hydrogen-bond acceptors (Lipinski definition) is 2. The Labute approximate surface area is 157 Å². The summed E-state index contributed by atoms with van der Waals surface area (Å²) < 4.78 is 41.3. The third-order valence-electron chi connectivity index (χ3n) is 4.55. The Morgan fingerprint density at radius 1 is 1.15 bits per heavy atom. The van der Waals surface area contributed by atoms with E-state index in [9.17, 15) is 18.2 Å². The summed E-state index contributed by atoms with van der Waals surface area (Å²) in [5.74, 6) is 0. The van der Waals surface area contributed by atoms with E-state index < -0.39 is 24.3 Å². The molecule has 1 unspecified atom stereocenters. The molecule has 0 radical (unpaired) electrons. The molecule has 1 saturated carbocycles. The van der Waals surface area contributed by atoms with E-state index in [1.54, 1.807) is 6.07 Å². The van der Waals surface area contributed by atoms with Crippen LogP contribution in [0.2, 0.25) is 5.02 Å². The van der Waals surface area contributed by atoms with Gasteiger partial charge < -0.3 is 4.89 Å². The van der Waals surface area contributed by atoms with E-state index >= 15 is 0 Å². The summed E-state index contributed by atoms with van der Waals surface area (Å²) in [4.78, 5) is 11.9. The van der Waals surface area contributed by atoms with Crippen molar-refractivity contribution in [1.29, 1.82) is 0 Å². The van der Waals surface area contributed by atoms with Crippen LogP contribution in [0.3, 0.4) is 0 Å². The zero-order valence-electron chi connectivity index (χ0n) is 14.4. The van der Waals surface area contributed by atoms with E-state index in [0.717, 1.165) is 11.1 Å². The average Bonchev–Trinajstić information content (AvgIpc) is 3.40. The van der Waals surface area contributed by atoms with Crippen molar-refractivity contribution in [2.75, 3.05) is 7.05 Å². The Balaban J connectivity index is 1.74. The first-order valence-electron chi connectivity index (χ1n) is 8.43. The van der Waals surface area contributed by atoms with Crippen LogP contribution in [0, 0.1) is 0 Å². The summed E-state index contributed by atoms with van der Waals surface area (Å²) in [5.41, 5.74) is -3.28. The summed E-state index contributed by atoms with van der Waals surface area (Å²) in [5, 5.41) is -0.171. The summed E-state index contributed by atoms with van der Waals surface area (Å²) in [7, 11) is -2.69. The minimum atomic E-state index is -4.62. The van der Waals surface area contributed by atoms with Crippen molar-refractivity contribution >= 4 is 19.0 Å². The first-order valence-corrected chi connectivity index (χ1v) is 10.5. The first-order chi connectivity index (χ1) is 12.2. The van der Waals surface area contributed by atoms with Gasteiger partial charge in [-0.2, -0.15) is 8.78 Å². The van der Waals surface area contributed by atoms with Crippen LogP contribution in [0.5, 0.6) is 0 Å². The van der Waals surface area contributed by atoms with Crippen LogP contribution in [0.25, 0.3) is 0 Å².